The third-order valence-corrected chi connectivity index (χ3v) is 5.01. The molecule has 1 aliphatic heterocycles. The first-order chi connectivity index (χ1) is 13.5. The number of methoxy groups -OCH3 is 1. The van der Waals surface area contributed by atoms with Crippen LogP contribution in [0.2, 0.25) is 0 Å². The predicted molar refractivity (Wildman–Crippen MR) is 102 cm³/mol. The first-order valence-electron chi connectivity index (χ1n) is 9.03. The molecule has 0 saturated carbocycles. The molecule has 154 valence electrons. The molecule has 1 atom stereocenters. The van der Waals surface area contributed by atoms with Gasteiger partial charge in [-0.3, -0.25) is 4.79 Å². The second-order valence-corrected chi connectivity index (χ2v) is 7.32. The predicted octanol–water partition coefficient (Wildman–Crippen LogP) is 4.11. The Morgan fingerprint density at radius 2 is 1.83 bits per heavy atom. The van der Waals surface area contributed by atoms with Crippen molar-refractivity contribution in [1.82, 2.24) is 4.90 Å². The number of rotatable bonds is 4. The van der Waals surface area contributed by atoms with E-state index in [2.05, 4.69) is 0 Å². The molecule has 0 bridgehead atoms. The van der Waals surface area contributed by atoms with Crippen molar-refractivity contribution in [1.29, 1.82) is 0 Å². The van der Waals surface area contributed by atoms with Crippen molar-refractivity contribution in [3.63, 3.8) is 0 Å². The van der Waals surface area contributed by atoms with Gasteiger partial charge in [0, 0.05) is 17.8 Å². The minimum Gasteiger partial charge on any atom is -0.467 e. The molecule has 0 saturated heterocycles. The van der Waals surface area contributed by atoms with Crippen molar-refractivity contribution in [3.8, 4) is 11.1 Å². The van der Waals surface area contributed by atoms with Crippen molar-refractivity contribution in [2.75, 3.05) is 12.8 Å². The fourth-order valence-corrected chi connectivity index (χ4v) is 3.64. The fraction of sp³-hybridized carbons (Fsp3) is 0.333. The fourth-order valence-electron chi connectivity index (χ4n) is 3.64. The Bertz CT molecular complexity index is 970. The molecule has 2 N–H and O–H groups in total. The van der Waals surface area contributed by atoms with E-state index in [-0.39, 0.29) is 34.8 Å². The van der Waals surface area contributed by atoms with Crippen LogP contribution in [-0.4, -0.2) is 29.9 Å². The van der Waals surface area contributed by atoms with Crippen molar-refractivity contribution < 1.29 is 27.5 Å². The van der Waals surface area contributed by atoms with Crippen LogP contribution in [0, 0.1) is 5.92 Å². The van der Waals surface area contributed by atoms with Gasteiger partial charge in [-0.05, 0) is 40.8 Å². The Kier molecular flexibility index (Phi) is 5.30. The average Bonchev–Trinajstić information content (AvgIpc) is 2.96. The van der Waals surface area contributed by atoms with Gasteiger partial charge >= 0.3 is 12.1 Å². The molecule has 0 radical (unpaired) electrons. The summed E-state index contributed by atoms with van der Waals surface area (Å²) >= 11 is 0. The van der Waals surface area contributed by atoms with Gasteiger partial charge in [-0.2, -0.15) is 13.2 Å². The number of hydrogen-bond acceptors (Lipinski definition) is 4. The molecule has 1 aliphatic rings. The number of ether oxygens (including phenoxy) is 1. The van der Waals surface area contributed by atoms with Crippen LogP contribution >= 0.6 is 0 Å². The molecule has 5 nitrogen and oxygen atoms in total. The van der Waals surface area contributed by atoms with Gasteiger partial charge in [-0.25, -0.2) is 4.79 Å². The summed E-state index contributed by atoms with van der Waals surface area (Å²) in [5.41, 5.74) is 5.79. The lowest BCUT2D eigenvalue weighted by molar-refractivity contribution is -0.147. The van der Waals surface area contributed by atoms with Crippen LogP contribution in [0.1, 0.15) is 35.3 Å². The molecule has 2 aromatic carbocycles. The standard InChI is InChI=1S/C21H21F3N2O3/c1-11(2)18(20(28)29-3)26-10-13-5-4-12(8-16(13)19(26)27)15-7-6-14(25)9-17(15)21(22,23)24/h4-9,11,18H,10,25H2,1-3H3/t18-/m0/s1. The Labute approximate surface area is 166 Å². The molecule has 0 aliphatic carbocycles. The minimum atomic E-state index is -4.59. The van der Waals surface area contributed by atoms with E-state index in [1.54, 1.807) is 26.0 Å². The van der Waals surface area contributed by atoms with Crippen LogP contribution in [0.3, 0.4) is 0 Å². The largest absolute Gasteiger partial charge is 0.467 e. The summed E-state index contributed by atoms with van der Waals surface area (Å²) in [6.07, 6.45) is -4.59. The molecule has 8 heteroatoms. The Morgan fingerprint density at radius 1 is 1.14 bits per heavy atom. The van der Waals surface area contributed by atoms with Crippen molar-refractivity contribution in [3.05, 3.63) is 53.1 Å². The quantitative estimate of drug-likeness (QED) is 0.613. The Hall–Kier alpha value is -3.03. The van der Waals surface area contributed by atoms with Crippen LogP contribution in [-0.2, 0) is 22.3 Å². The van der Waals surface area contributed by atoms with Gasteiger partial charge in [0.15, 0.2) is 0 Å². The SMILES string of the molecule is COC(=O)[C@H](C(C)C)N1Cc2ccc(-c3ccc(N)cc3C(F)(F)F)cc2C1=O. The first kappa shape index (κ1) is 20.7. The number of hydrogen-bond donors (Lipinski definition) is 1. The third kappa shape index (κ3) is 3.79. The van der Waals surface area contributed by atoms with E-state index >= 15 is 0 Å². The number of halogens is 3. The van der Waals surface area contributed by atoms with Crippen LogP contribution < -0.4 is 5.73 Å². The molecule has 0 fully saturated rings. The second kappa shape index (κ2) is 7.42. The molecule has 1 heterocycles. The number of esters is 1. The van der Waals surface area contributed by atoms with Crippen LogP contribution in [0.15, 0.2) is 36.4 Å². The number of nitrogens with zero attached hydrogens (tertiary/aromatic N) is 1. The number of alkyl halides is 3. The van der Waals surface area contributed by atoms with E-state index in [0.29, 0.717) is 5.56 Å². The second-order valence-electron chi connectivity index (χ2n) is 7.32. The number of benzene rings is 2. The van der Waals surface area contributed by atoms with Gasteiger partial charge < -0.3 is 15.4 Å². The summed E-state index contributed by atoms with van der Waals surface area (Å²) in [5, 5.41) is 0. The molecule has 0 spiro atoms. The monoisotopic (exact) mass is 406 g/mol. The third-order valence-electron chi connectivity index (χ3n) is 5.01. The summed E-state index contributed by atoms with van der Waals surface area (Å²) in [5.74, 6) is -1.12. The van der Waals surface area contributed by atoms with E-state index in [4.69, 9.17) is 10.5 Å². The van der Waals surface area contributed by atoms with Crippen LogP contribution in [0.25, 0.3) is 11.1 Å². The Balaban J connectivity index is 2.04. The van der Waals surface area contributed by atoms with E-state index in [0.717, 1.165) is 6.07 Å². The number of carbonyl (C=O) groups excluding carboxylic acids is 2. The summed E-state index contributed by atoms with van der Waals surface area (Å²) in [6.45, 7) is 3.79. The zero-order valence-corrected chi connectivity index (χ0v) is 16.2. The summed E-state index contributed by atoms with van der Waals surface area (Å²) < 4.78 is 45.2. The van der Waals surface area contributed by atoms with E-state index < -0.39 is 29.7 Å². The lowest BCUT2D eigenvalue weighted by Gasteiger charge is -2.28. The van der Waals surface area contributed by atoms with Crippen LogP contribution in [0.5, 0.6) is 0 Å². The summed E-state index contributed by atoms with van der Waals surface area (Å²) in [7, 11) is 1.25. The molecule has 0 aromatic heterocycles. The topological polar surface area (TPSA) is 72.6 Å². The van der Waals surface area contributed by atoms with Gasteiger partial charge in [0.25, 0.3) is 5.91 Å². The molecule has 1 amide bonds. The molecular weight excluding hydrogens is 385 g/mol. The van der Waals surface area contributed by atoms with Crippen molar-refractivity contribution in [2.45, 2.75) is 32.6 Å². The lowest BCUT2D eigenvalue weighted by atomic mass is 9.95. The number of nitrogens with two attached hydrogens (primary N) is 1. The number of nitrogen functional groups attached to an aromatic ring is 1. The highest BCUT2D eigenvalue weighted by Crippen LogP contribution is 2.39. The van der Waals surface area contributed by atoms with E-state index in [1.807, 2.05) is 0 Å². The van der Waals surface area contributed by atoms with Gasteiger partial charge in [-0.1, -0.05) is 32.0 Å². The number of carbonyl (C=O) groups is 2. The normalized spacial score (nSPS) is 14.9. The minimum absolute atomic E-state index is 0.00217. The molecule has 29 heavy (non-hydrogen) atoms. The van der Waals surface area contributed by atoms with Gasteiger partial charge in [0.1, 0.15) is 6.04 Å². The maximum atomic E-state index is 13.5. The molecular formula is C21H21F3N2O3. The van der Waals surface area contributed by atoms with E-state index in [9.17, 15) is 22.8 Å². The molecule has 3 rings (SSSR count). The highest BCUT2D eigenvalue weighted by molar-refractivity contribution is 6.01. The van der Waals surface area contributed by atoms with Gasteiger partial charge in [0.05, 0.1) is 12.7 Å². The zero-order chi connectivity index (χ0) is 21.5. The van der Waals surface area contributed by atoms with Crippen molar-refractivity contribution >= 4 is 17.6 Å². The van der Waals surface area contributed by atoms with Gasteiger partial charge in [-0.15, -0.1) is 0 Å². The number of amides is 1. The number of anilines is 1. The van der Waals surface area contributed by atoms with Crippen LogP contribution in [0.4, 0.5) is 18.9 Å². The molecule has 0 unspecified atom stereocenters. The molecule has 2 aromatic rings. The Morgan fingerprint density at radius 3 is 2.41 bits per heavy atom. The number of fused-ring (bicyclic) bond motifs is 1. The van der Waals surface area contributed by atoms with Crippen molar-refractivity contribution in [2.24, 2.45) is 5.92 Å². The summed E-state index contributed by atoms with van der Waals surface area (Å²) in [4.78, 5) is 26.5. The maximum Gasteiger partial charge on any atom is 0.417 e. The van der Waals surface area contributed by atoms with Gasteiger partial charge in [0.2, 0.25) is 0 Å². The summed E-state index contributed by atoms with van der Waals surface area (Å²) in [6, 6.07) is 7.38. The average molecular weight is 406 g/mol. The zero-order valence-electron chi connectivity index (χ0n) is 16.2. The highest BCUT2D eigenvalue weighted by Gasteiger charge is 2.39. The lowest BCUT2D eigenvalue weighted by Crippen LogP contribution is -2.45. The highest BCUT2D eigenvalue weighted by atomic mass is 19.4. The first-order valence-corrected chi connectivity index (χ1v) is 9.03. The van der Waals surface area contributed by atoms with E-state index in [1.165, 1.54) is 30.2 Å². The maximum absolute atomic E-state index is 13.5. The smallest absolute Gasteiger partial charge is 0.417 e.